The largest absolute Gasteiger partial charge is 0.394 e. The van der Waals surface area contributed by atoms with Crippen LogP contribution >= 0.6 is 11.8 Å². The quantitative estimate of drug-likeness (QED) is 0.589. The van der Waals surface area contributed by atoms with Gasteiger partial charge < -0.3 is 10.8 Å². The van der Waals surface area contributed by atoms with Gasteiger partial charge in [-0.3, -0.25) is 0 Å². The molecule has 0 amide bonds. The SMILES string of the molecule is CCC(N)(CO)CCCSc1cc(C)cc(C)n1. The molecule has 4 heteroatoms. The molecule has 1 heterocycles. The third-order valence-corrected chi connectivity index (χ3v) is 4.16. The van der Waals surface area contributed by atoms with Crippen molar-refractivity contribution in [2.75, 3.05) is 12.4 Å². The van der Waals surface area contributed by atoms with E-state index in [2.05, 4.69) is 24.0 Å². The Bertz CT molecular complexity index is 358. The lowest BCUT2D eigenvalue weighted by molar-refractivity contribution is 0.182. The summed E-state index contributed by atoms with van der Waals surface area (Å²) >= 11 is 1.76. The molecule has 1 rings (SSSR count). The molecule has 0 aliphatic heterocycles. The number of aliphatic hydroxyl groups is 1. The first-order chi connectivity index (χ1) is 8.49. The summed E-state index contributed by atoms with van der Waals surface area (Å²) < 4.78 is 0. The monoisotopic (exact) mass is 268 g/mol. The molecule has 3 N–H and O–H groups in total. The Kier molecular flexibility index (Phi) is 6.12. The minimum atomic E-state index is -0.406. The first kappa shape index (κ1) is 15.5. The first-order valence-corrected chi connectivity index (χ1v) is 7.45. The number of aryl methyl sites for hydroxylation is 2. The summed E-state index contributed by atoms with van der Waals surface area (Å²) in [4.78, 5) is 4.49. The van der Waals surface area contributed by atoms with Crippen molar-refractivity contribution in [2.45, 2.75) is 50.6 Å². The molecule has 3 nitrogen and oxygen atoms in total. The number of aliphatic hydroxyl groups excluding tert-OH is 1. The molecule has 1 atom stereocenters. The van der Waals surface area contributed by atoms with Gasteiger partial charge in [-0.1, -0.05) is 6.92 Å². The van der Waals surface area contributed by atoms with Crippen molar-refractivity contribution < 1.29 is 5.11 Å². The van der Waals surface area contributed by atoms with Crippen LogP contribution in [0.3, 0.4) is 0 Å². The van der Waals surface area contributed by atoms with Gasteiger partial charge in [-0.15, -0.1) is 11.8 Å². The van der Waals surface area contributed by atoms with Gasteiger partial charge in [-0.25, -0.2) is 4.98 Å². The van der Waals surface area contributed by atoms with Crippen molar-refractivity contribution in [3.8, 4) is 0 Å². The van der Waals surface area contributed by atoms with Crippen LogP contribution in [0.5, 0.6) is 0 Å². The van der Waals surface area contributed by atoms with Gasteiger partial charge in [-0.2, -0.15) is 0 Å². The second kappa shape index (κ2) is 7.12. The highest BCUT2D eigenvalue weighted by molar-refractivity contribution is 7.99. The van der Waals surface area contributed by atoms with Crippen LogP contribution in [0.15, 0.2) is 17.2 Å². The maximum Gasteiger partial charge on any atom is 0.0965 e. The Morgan fingerprint density at radius 3 is 2.67 bits per heavy atom. The van der Waals surface area contributed by atoms with E-state index in [0.717, 1.165) is 35.7 Å². The average molecular weight is 268 g/mol. The van der Waals surface area contributed by atoms with Gasteiger partial charge in [0.2, 0.25) is 0 Å². The maximum absolute atomic E-state index is 9.23. The molecule has 0 radical (unpaired) electrons. The average Bonchev–Trinajstić information content (AvgIpc) is 2.33. The van der Waals surface area contributed by atoms with Crippen LogP contribution < -0.4 is 5.73 Å². The number of aromatic nitrogens is 1. The molecule has 1 aromatic rings. The van der Waals surface area contributed by atoms with Crippen LogP contribution in [-0.4, -0.2) is 28.0 Å². The zero-order valence-electron chi connectivity index (χ0n) is 11.6. The summed E-state index contributed by atoms with van der Waals surface area (Å²) in [5.74, 6) is 0.995. The minimum Gasteiger partial charge on any atom is -0.394 e. The molecule has 1 aromatic heterocycles. The lowest BCUT2D eigenvalue weighted by Crippen LogP contribution is -2.42. The fourth-order valence-electron chi connectivity index (χ4n) is 1.85. The van der Waals surface area contributed by atoms with E-state index in [9.17, 15) is 5.11 Å². The summed E-state index contributed by atoms with van der Waals surface area (Å²) in [6, 6.07) is 4.19. The molecule has 0 bridgehead atoms. The van der Waals surface area contributed by atoms with Crippen molar-refractivity contribution in [3.63, 3.8) is 0 Å². The van der Waals surface area contributed by atoms with Crippen LogP contribution in [0, 0.1) is 13.8 Å². The standard InChI is InChI=1S/C14H24N2OS/c1-4-14(15,10-17)6-5-7-18-13-9-11(2)8-12(3)16-13/h8-9,17H,4-7,10,15H2,1-3H3. The second-order valence-corrected chi connectivity index (χ2v) is 6.07. The Labute approximate surface area is 114 Å². The van der Waals surface area contributed by atoms with E-state index in [4.69, 9.17) is 5.73 Å². The van der Waals surface area contributed by atoms with Crippen LogP contribution in [-0.2, 0) is 0 Å². The van der Waals surface area contributed by atoms with E-state index in [1.165, 1.54) is 5.56 Å². The van der Waals surface area contributed by atoms with Crippen LogP contribution in [0.1, 0.15) is 37.4 Å². The number of rotatable bonds is 7. The molecule has 0 fully saturated rings. The zero-order valence-corrected chi connectivity index (χ0v) is 12.4. The molecule has 0 aromatic carbocycles. The Hall–Kier alpha value is -0.580. The minimum absolute atomic E-state index is 0.0654. The smallest absolute Gasteiger partial charge is 0.0965 e. The van der Waals surface area contributed by atoms with Crippen molar-refractivity contribution in [1.29, 1.82) is 0 Å². The summed E-state index contributed by atoms with van der Waals surface area (Å²) in [6.07, 6.45) is 2.68. The lowest BCUT2D eigenvalue weighted by atomic mass is 9.93. The fraction of sp³-hybridized carbons (Fsp3) is 0.643. The van der Waals surface area contributed by atoms with Crippen LogP contribution in [0.4, 0.5) is 0 Å². The van der Waals surface area contributed by atoms with Crippen LogP contribution in [0.25, 0.3) is 0 Å². The highest BCUT2D eigenvalue weighted by Gasteiger charge is 2.20. The maximum atomic E-state index is 9.23. The van der Waals surface area contributed by atoms with Crippen molar-refractivity contribution in [3.05, 3.63) is 23.4 Å². The van der Waals surface area contributed by atoms with Crippen molar-refractivity contribution >= 4 is 11.8 Å². The number of nitrogens with two attached hydrogens (primary N) is 1. The lowest BCUT2D eigenvalue weighted by Gasteiger charge is -2.25. The van der Waals surface area contributed by atoms with E-state index in [0.29, 0.717) is 0 Å². The van der Waals surface area contributed by atoms with Gasteiger partial charge in [0, 0.05) is 11.2 Å². The first-order valence-electron chi connectivity index (χ1n) is 6.47. The van der Waals surface area contributed by atoms with Gasteiger partial charge in [-0.05, 0) is 56.6 Å². The summed E-state index contributed by atoms with van der Waals surface area (Å²) in [6.45, 7) is 6.20. The summed E-state index contributed by atoms with van der Waals surface area (Å²) in [7, 11) is 0. The molecule has 1 unspecified atom stereocenters. The van der Waals surface area contributed by atoms with Gasteiger partial charge in [0.05, 0.1) is 11.6 Å². The van der Waals surface area contributed by atoms with E-state index in [1.807, 2.05) is 13.8 Å². The highest BCUT2D eigenvalue weighted by atomic mass is 32.2. The van der Waals surface area contributed by atoms with Gasteiger partial charge in [0.25, 0.3) is 0 Å². The molecule has 18 heavy (non-hydrogen) atoms. The zero-order chi connectivity index (χ0) is 13.6. The van der Waals surface area contributed by atoms with E-state index in [-0.39, 0.29) is 6.61 Å². The van der Waals surface area contributed by atoms with E-state index in [1.54, 1.807) is 11.8 Å². The molecule has 0 spiro atoms. The third-order valence-electron chi connectivity index (χ3n) is 3.16. The summed E-state index contributed by atoms with van der Waals surface area (Å²) in [5, 5.41) is 10.3. The normalized spacial score (nSPS) is 14.5. The third kappa shape index (κ3) is 4.96. The Balaban J connectivity index is 2.38. The fourth-order valence-corrected chi connectivity index (χ4v) is 2.82. The number of hydrogen-bond acceptors (Lipinski definition) is 4. The number of pyridine rings is 1. The molecule has 0 saturated heterocycles. The molecule has 0 saturated carbocycles. The molecular weight excluding hydrogens is 244 g/mol. The highest BCUT2D eigenvalue weighted by Crippen LogP contribution is 2.21. The number of nitrogens with zero attached hydrogens (tertiary/aromatic N) is 1. The molecule has 0 aliphatic carbocycles. The topological polar surface area (TPSA) is 59.1 Å². The second-order valence-electron chi connectivity index (χ2n) is 4.95. The Morgan fingerprint density at radius 1 is 1.39 bits per heavy atom. The van der Waals surface area contributed by atoms with Gasteiger partial charge >= 0.3 is 0 Å². The van der Waals surface area contributed by atoms with Gasteiger partial charge in [0.1, 0.15) is 0 Å². The molecule has 0 aliphatic rings. The Morgan fingerprint density at radius 2 is 2.11 bits per heavy atom. The van der Waals surface area contributed by atoms with Crippen molar-refractivity contribution in [2.24, 2.45) is 5.73 Å². The van der Waals surface area contributed by atoms with Gasteiger partial charge in [0.15, 0.2) is 0 Å². The number of thioether (sulfide) groups is 1. The predicted molar refractivity (Wildman–Crippen MR) is 78.0 cm³/mol. The predicted octanol–water partition coefficient (Wildman–Crippen LogP) is 2.67. The van der Waals surface area contributed by atoms with Crippen molar-refractivity contribution in [1.82, 2.24) is 4.98 Å². The molecule has 102 valence electrons. The summed E-state index contributed by atoms with van der Waals surface area (Å²) in [5.41, 5.74) is 7.96. The van der Waals surface area contributed by atoms with E-state index < -0.39 is 5.54 Å². The van der Waals surface area contributed by atoms with E-state index >= 15 is 0 Å². The molecular formula is C14H24N2OS. The number of hydrogen-bond donors (Lipinski definition) is 2. The van der Waals surface area contributed by atoms with Crippen LogP contribution in [0.2, 0.25) is 0 Å².